The van der Waals surface area contributed by atoms with Crippen LogP contribution in [0.4, 0.5) is 0 Å². The fraction of sp³-hybridized carbons (Fsp3) is 0.583. The molecule has 2 aromatic rings. The molecular weight excluding hydrogens is 186 g/mol. The Morgan fingerprint density at radius 2 is 2.13 bits per heavy atom. The summed E-state index contributed by atoms with van der Waals surface area (Å²) < 4.78 is 4.41. The summed E-state index contributed by atoms with van der Waals surface area (Å²) in [6.45, 7) is 2.15. The molecule has 0 aliphatic heterocycles. The van der Waals surface area contributed by atoms with E-state index in [2.05, 4.69) is 35.0 Å². The lowest BCUT2D eigenvalue weighted by atomic mass is 10.2. The molecule has 1 saturated carbocycles. The van der Waals surface area contributed by atoms with Crippen molar-refractivity contribution in [2.45, 2.75) is 45.1 Å². The number of hydrogen-bond acceptors (Lipinski definition) is 1. The van der Waals surface area contributed by atoms with Crippen molar-refractivity contribution < 1.29 is 0 Å². The number of aryl methyl sites for hydroxylation is 1. The quantitative estimate of drug-likeness (QED) is 0.735. The van der Waals surface area contributed by atoms with Crippen LogP contribution in [0.2, 0.25) is 0 Å². The minimum Gasteiger partial charge on any atom is -0.328 e. The van der Waals surface area contributed by atoms with E-state index < -0.39 is 0 Å². The van der Waals surface area contributed by atoms with Gasteiger partial charge in [0.25, 0.3) is 0 Å². The molecule has 1 aliphatic carbocycles. The molecule has 0 radical (unpaired) electrons. The zero-order valence-electron chi connectivity index (χ0n) is 9.19. The van der Waals surface area contributed by atoms with Crippen molar-refractivity contribution in [2.24, 2.45) is 0 Å². The normalized spacial score (nSPS) is 17.9. The van der Waals surface area contributed by atoms with Gasteiger partial charge in [-0.05, 0) is 19.3 Å². The first-order chi connectivity index (χ1) is 7.38. The molecule has 1 aliphatic rings. The lowest BCUT2D eigenvalue weighted by molar-refractivity contribution is 0.533. The molecule has 0 unspecified atom stereocenters. The maximum atomic E-state index is 4.52. The largest absolute Gasteiger partial charge is 0.328 e. The molecule has 0 saturated heterocycles. The minimum atomic E-state index is 0.712. The number of rotatable bonds is 2. The molecule has 0 aromatic carbocycles. The molecule has 0 N–H and O–H groups in total. The number of nitrogens with zero attached hydrogens (tertiary/aromatic N) is 3. The molecule has 0 amide bonds. The maximum Gasteiger partial charge on any atom is 0.136 e. The third-order valence-corrected chi connectivity index (χ3v) is 3.48. The zero-order chi connectivity index (χ0) is 10.3. The van der Waals surface area contributed by atoms with E-state index in [9.17, 15) is 0 Å². The van der Waals surface area contributed by atoms with Crippen LogP contribution in [0.3, 0.4) is 0 Å². The van der Waals surface area contributed by atoms with Crippen LogP contribution in [-0.2, 0) is 6.42 Å². The molecule has 0 spiro atoms. The van der Waals surface area contributed by atoms with E-state index >= 15 is 0 Å². The molecule has 15 heavy (non-hydrogen) atoms. The topological polar surface area (TPSA) is 22.2 Å². The summed E-state index contributed by atoms with van der Waals surface area (Å²) in [5.41, 5.74) is 2.45. The van der Waals surface area contributed by atoms with Crippen LogP contribution in [-0.4, -0.2) is 14.2 Å². The van der Waals surface area contributed by atoms with Crippen LogP contribution in [0.15, 0.2) is 18.5 Å². The second kappa shape index (κ2) is 3.40. The van der Waals surface area contributed by atoms with Gasteiger partial charge in [-0.3, -0.25) is 0 Å². The highest BCUT2D eigenvalue weighted by molar-refractivity contribution is 5.41. The highest BCUT2D eigenvalue weighted by Crippen LogP contribution is 2.31. The maximum absolute atomic E-state index is 4.52. The molecule has 0 atom stereocenters. The summed E-state index contributed by atoms with van der Waals surface area (Å²) in [5.74, 6) is 0. The van der Waals surface area contributed by atoms with Gasteiger partial charge < -0.3 is 4.57 Å². The van der Waals surface area contributed by atoms with Crippen LogP contribution in [0.25, 0.3) is 5.65 Å². The Kier molecular flexibility index (Phi) is 2.04. The van der Waals surface area contributed by atoms with E-state index in [-0.39, 0.29) is 0 Å². The Balaban J connectivity index is 2.05. The average molecular weight is 203 g/mol. The van der Waals surface area contributed by atoms with Gasteiger partial charge in [-0.2, -0.15) is 5.10 Å². The van der Waals surface area contributed by atoms with Crippen LogP contribution in [0.1, 0.15) is 44.3 Å². The molecule has 2 aromatic heterocycles. The fourth-order valence-corrected chi connectivity index (χ4v) is 2.61. The van der Waals surface area contributed by atoms with Gasteiger partial charge in [0.15, 0.2) is 0 Å². The summed E-state index contributed by atoms with van der Waals surface area (Å²) in [7, 11) is 0. The highest BCUT2D eigenvalue weighted by atomic mass is 15.3. The van der Waals surface area contributed by atoms with Crippen LogP contribution >= 0.6 is 0 Å². The summed E-state index contributed by atoms with van der Waals surface area (Å²) in [5, 5.41) is 4.52. The van der Waals surface area contributed by atoms with E-state index in [1.165, 1.54) is 37.0 Å². The van der Waals surface area contributed by atoms with E-state index in [1.54, 1.807) is 0 Å². The van der Waals surface area contributed by atoms with Crippen LogP contribution in [0.5, 0.6) is 0 Å². The van der Waals surface area contributed by atoms with Gasteiger partial charge in [0.2, 0.25) is 0 Å². The number of imidazole rings is 1. The monoisotopic (exact) mass is 203 g/mol. The van der Waals surface area contributed by atoms with Crippen molar-refractivity contribution >= 4 is 5.65 Å². The Labute approximate surface area is 89.7 Å². The number of hydrogen-bond donors (Lipinski definition) is 0. The van der Waals surface area contributed by atoms with Crippen molar-refractivity contribution in [1.82, 2.24) is 14.2 Å². The van der Waals surface area contributed by atoms with Crippen molar-refractivity contribution in [3.8, 4) is 0 Å². The molecule has 3 heteroatoms. The Hall–Kier alpha value is -1.25. The zero-order valence-corrected chi connectivity index (χ0v) is 9.19. The molecule has 3 rings (SSSR count). The van der Waals surface area contributed by atoms with Gasteiger partial charge in [0, 0.05) is 24.5 Å². The SMILES string of the molecule is CCc1cc2n(C3CCCC3)ccn2n1. The Morgan fingerprint density at radius 3 is 2.87 bits per heavy atom. The van der Waals surface area contributed by atoms with Crippen molar-refractivity contribution in [1.29, 1.82) is 0 Å². The van der Waals surface area contributed by atoms with Crippen LogP contribution in [0, 0.1) is 0 Å². The molecular formula is C12H17N3. The number of fused-ring (bicyclic) bond motifs is 1. The van der Waals surface area contributed by atoms with Gasteiger partial charge in [-0.1, -0.05) is 19.8 Å². The third kappa shape index (κ3) is 1.37. The summed E-state index contributed by atoms with van der Waals surface area (Å²) in [6.07, 6.45) is 10.7. The van der Waals surface area contributed by atoms with Crippen molar-refractivity contribution in [3.05, 3.63) is 24.2 Å². The van der Waals surface area contributed by atoms with Crippen molar-refractivity contribution in [2.75, 3.05) is 0 Å². The van der Waals surface area contributed by atoms with Gasteiger partial charge in [0.1, 0.15) is 5.65 Å². The highest BCUT2D eigenvalue weighted by Gasteiger charge is 2.18. The minimum absolute atomic E-state index is 0.712. The predicted octanol–water partition coefficient (Wildman–Crippen LogP) is 2.81. The molecule has 3 nitrogen and oxygen atoms in total. The molecule has 1 fully saturated rings. The lowest BCUT2D eigenvalue weighted by Gasteiger charge is -2.10. The Bertz CT molecular complexity index is 460. The fourth-order valence-electron chi connectivity index (χ4n) is 2.61. The first kappa shape index (κ1) is 9.01. The molecule has 0 bridgehead atoms. The second-order valence-electron chi connectivity index (χ2n) is 4.44. The van der Waals surface area contributed by atoms with E-state index in [0.29, 0.717) is 6.04 Å². The number of aromatic nitrogens is 3. The van der Waals surface area contributed by atoms with Crippen molar-refractivity contribution in [3.63, 3.8) is 0 Å². The lowest BCUT2D eigenvalue weighted by Crippen LogP contribution is -2.02. The third-order valence-electron chi connectivity index (χ3n) is 3.48. The second-order valence-corrected chi connectivity index (χ2v) is 4.44. The van der Waals surface area contributed by atoms with E-state index in [1.807, 2.05) is 4.52 Å². The molecule has 80 valence electrons. The smallest absolute Gasteiger partial charge is 0.136 e. The van der Waals surface area contributed by atoms with Gasteiger partial charge in [0.05, 0.1) is 5.69 Å². The summed E-state index contributed by atoms with van der Waals surface area (Å²) in [6, 6.07) is 2.93. The summed E-state index contributed by atoms with van der Waals surface area (Å²) in [4.78, 5) is 0. The van der Waals surface area contributed by atoms with Gasteiger partial charge >= 0.3 is 0 Å². The average Bonchev–Trinajstić information content (AvgIpc) is 2.92. The van der Waals surface area contributed by atoms with Gasteiger partial charge in [-0.25, -0.2) is 4.52 Å². The Morgan fingerprint density at radius 1 is 1.33 bits per heavy atom. The predicted molar refractivity (Wildman–Crippen MR) is 60.1 cm³/mol. The summed E-state index contributed by atoms with van der Waals surface area (Å²) >= 11 is 0. The van der Waals surface area contributed by atoms with Crippen LogP contribution < -0.4 is 0 Å². The molecule has 2 heterocycles. The first-order valence-electron chi connectivity index (χ1n) is 5.93. The standard InChI is InChI=1S/C12H17N3/c1-2-10-9-12-14(7-8-15(12)13-10)11-5-3-4-6-11/h7-9,11H,2-6H2,1H3. The van der Waals surface area contributed by atoms with Gasteiger partial charge in [-0.15, -0.1) is 0 Å². The first-order valence-corrected chi connectivity index (χ1v) is 5.93. The van der Waals surface area contributed by atoms with E-state index in [4.69, 9.17) is 0 Å². The van der Waals surface area contributed by atoms with E-state index in [0.717, 1.165) is 6.42 Å².